The molecule has 0 saturated heterocycles. The van der Waals surface area contributed by atoms with Crippen LogP contribution >= 0.6 is 11.6 Å². The summed E-state index contributed by atoms with van der Waals surface area (Å²) in [7, 11) is 1.50. The average Bonchev–Trinajstić information content (AvgIpc) is 2.13. The first-order chi connectivity index (χ1) is 6.49. The van der Waals surface area contributed by atoms with E-state index in [1.165, 1.54) is 18.9 Å². The second kappa shape index (κ2) is 6.22. The van der Waals surface area contributed by atoms with Gasteiger partial charge < -0.3 is 4.90 Å². The Morgan fingerprint density at radius 2 is 2.21 bits per heavy atom. The number of carbonyl (C=O) groups is 2. The molecule has 0 aliphatic heterocycles. The van der Waals surface area contributed by atoms with E-state index in [1.807, 2.05) is 6.07 Å². The molecule has 0 fully saturated rings. The Morgan fingerprint density at radius 1 is 1.64 bits per heavy atom. The van der Waals surface area contributed by atoms with Gasteiger partial charge in [-0.2, -0.15) is 5.26 Å². The van der Waals surface area contributed by atoms with Gasteiger partial charge in [-0.1, -0.05) is 0 Å². The van der Waals surface area contributed by atoms with Gasteiger partial charge in [0.05, 0.1) is 12.5 Å². The molecule has 1 atom stereocenters. The lowest BCUT2D eigenvalue weighted by atomic mass is 10.4. The number of rotatable bonds is 3. The lowest BCUT2D eigenvalue weighted by Crippen LogP contribution is -2.43. The van der Waals surface area contributed by atoms with E-state index in [0.29, 0.717) is 0 Å². The van der Waals surface area contributed by atoms with Crippen LogP contribution in [0.25, 0.3) is 0 Å². The minimum absolute atomic E-state index is 0.231. The van der Waals surface area contributed by atoms with Crippen LogP contribution in [0.5, 0.6) is 0 Å². The summed E-state index contributed by atoms with van der Waals surface area (Å²) < 4.78 is 0. The molecule has 0 saturated carbocycles. The number of imide groups is 1. The predicted octanol–water partition coefficient (Wildman–Crippen LogP) is 0.695. The molecule has 0 aliphatic rings. The number of alkyl halides is 1. The van der Waals surface area contributed by atoms with Gasteiger partial charge in [0, 0.05) is 13.6 Å². The molecular weight excluding hydrogens is 206 g/mol. The SMILES string of the molecule is CC(Cl)C(=O)NC(=O)N(C)CCC#N. The highest BCUT2D eigenvalue weighted by atomic mass is 35.5. The third-order valence-electron chi connectivity index (χ3n) is 1.50. The molecule has 0 aromatic heterocycles. The van der Waals surface area contributed by atoms with Crippen LogP contribution in [-0.4, -0.2) is 35.8 Å². The van der Waals surface area contributed by atoms with Gasteiger partial charge in [-0.3, -0.25) is 10.1 Å². The minimum Gasteiger partial charge on any atom is -0.326 e. The van der Waals surface area contributed by atoms with Gasteiger partial charge in [-0.25, -0.2) is 4.79 Å². The Balaban J connectivity index is 3.96. The Kier molecular flexibility index (Phi) is 5.65. The second-order valence-electron chi connectivity index (χ2n) is 2.74. The number of nitrogens with one attached hydrogen (secondary N) is 1. The number of halogens is 1. The van der Waals surface area contributed by atoms with Crippen molar-refractivity contribution in [1.29, 1.82) is 5.26 Å². The molecule has 78 valence electrons. The third-order valence-corrected chi connectivity index (χ3v) is 1.70. The van der Waals surface area contributed by atoms with E-state index < -0.39 is 17.3 Å². The number of hydrogen-bond acceptors (Lipinski definition) is 3. The lowest BCUT2D eigenvalue weighted by molar-refractivity contribution is -0.119. The molecule has 0 aromatic rings. The monoisotopic (exact) mass is 217 g/mol. The van der Waals surface area contributed by atoms with Crippen LogP contribution in [0.1, 0.15) is 13.3 Å². The summed E-state index contributed by atoms with van der Waals surface area (Å²) >= 11 is 5.45. The molecular formula is C8H12ClN3O2. The van der Waals surface area contributed by atoms with E-state index >= 15 is 0 Å². The van der Waals surface area contributed by atoms with Crippen molar-refractivity contribution in [1.82, 2.24) is 10.2 Å². The summed E-state index contributed by atoms with van der Waals surface area (Å²) in [6.45, 7) is 1.76. The van der Waals surface area contributed by atoms with Crippen molar-refractivity contribution < 1.29 is 9.59 Å². The largest absolute Gasteiger partial charge is 0.326 e. The van der Waals surface area contributed by atoms with Crippen molar-refractivity contribution in [3.63, 3.8) is 0 Å². The zero-order valence-corrected chi connectivity index (χ0v) is 8.84. The number of nitriles is 1. The Hall–Kier alpha value is -1.28. The van der Waals surface area contributed by atoms with Crippen LogP contribution in [0.3, 0.4) is 0 Å². The van der Waals surface area contributed by atoms with E-state index in [2.05, 4.69) is 5.32 Å². The van der Waals surface area contributed by atoms with Crippen molar-refractivity contribution in [2.24, 2.45) is 0 Å². The quantitative estimate of drug-likeness (QED) is 0.707. The highest BCUT2D eigenvalue weighted by molar-refractivity contribution is 6.31. The Bertz CT molecular complexity index is 260. The zero-order chi connectivity index (χ0) is 11.1. The van der Waals surface area contributed by atoms with Crippen LogP contribution in [0.15, 0.2) is 0 Å². The summed E-state index contributed by atoms with van der Waals surface area (Å²) in [5, 5.41) is 9.62. The molecule has 0 radical (unpaired) electrons. The number of nitrogens with zero attached hydrogens (tertiary/aromatic N) is 2. The van der Waals surface area contributed by atoms with Crippen LogP contribution in [-0.2, 0) is 4.79 Å². The van der Waals surface area contributed by atoms with Gasteiger partial charge in [0.15, 0.2) is 0 Å². The maximum atomic E-state index is 11.2. The smallest absolute Gasteiger partial charge is 0.323 e. The summed E-state index contributed by atoms with van der Waals surface area (Å²) in [6, 6.07) is 1.35. The number of carbonyl (C=O) groups excluding carboxylic acids is 2. The fourth-order valence-corrected chi connectivity index (χ4v) is 0.674. The van der Waals surface area contributed by atoms with Gasteiger partial charge in [0.1, 0.15) is 5.38 Å². The van der Waals surface area contributed by atoms with Crippen LogP contribution in [0.2, 0.25) is 0 Å². The van der Waals surface area contributed by atoms with Gasteiger partial charge in [0.25, 0.3) is 0 Å². The van der Waals surface area contributed by atoms with Crippen molar-refractivity contribution in [3.05, 3.63) is 0 Å². The van der Waals surface area contributed by atoms with Crippen LogP contribution in [0.4, 0.5) is 4.79 Å². The van der Waals surface area contributed by atoms with Crippen molar-refractivity contribution in [3.8, 4) is 6.07 Å². The number of hydrogen-bond donors (Lipinski definition) is 1. The maximum Gasteiger partial charge on any atom is 0.323 e. The first-order valence-corrected chi connectivity index (χ1v) is 4.49. The Morgan fingerprint density at radius 3 is 2.64 bits per heavy atom. The molecule has 1 N–H and O–H groups in total. The molecule has 3 amide bonds. The highest BCUT2D eigenvalue weighted by Crippen LogP contribution is 1.94. The standard InChI is InChI=1S/C8H12ClN3O2/c1-6(9)7(13)11-8(14)12(2)5-3-4-10/h6H,3,5H2,1-2H3,(H,11,13,14). The predicted molar refractivity (Wildman–Crippen MR) is 51.7 cm³/mol. The number of amides is 3. The first-order valence-electron chi connectivity index (χ1n) is 4.06. The normalized spacial score (nSPS) is 11.3. The first kappa shape index (κ1) is 12.7. The van der Waals surface area contributed by atoms with Crippen LogP contribution < -0.4 is 5.32 Å². The fraction of sp³-hybridized carbons (Fsp3) is 0.625. The van der Waals surface area contributed by atoms with Gasteiger partial charge in [-0.05, 0) is 6.92 Å². The van der Waals surface area contributed by atoms with Gasteiger partial charge in [-0.15, -0.1) is 11.6 Å². The molecule has 0 spiro atoms. The molecule has 0 heterocycles. The van der Waals surface area contributed by atoms with Crippen molar-refractivity contribution in [2.45, 2.75) is 18.7 Å². The third kappa shape index (κ3) is 4.67. The molecule has 14 heavy (non-hydrogen) atoms. The second-order valence-corrected chi connectivity index (χ2v) is 3.39. The molecule has 0 aliphatic carbocycles. The molecule has 6 heteroatoms. The summed E-state index contributed by atoms with van der Waals surface area (Å²) in [4.78, 5) is 23.4. The molecule has 5 nitrogen and oxygen atoms in total. The van der Waals surface area contributed by atoms with Crippen molar-refractivity contribution in [2.75, 3.05) is 13.6 Å². The van der Waals surface area contributed by atoms with Crippen molar-refractivity contribution >= 4 is 23.5 Å². The molecule has 0 rings (SSSR count). The summed E-state index contributed by atoms with van der Waals surface area (Å²) in [6.07, 6.45) is 0.231. The topological polar surface area (TPSA) is 73.2 Å². The van der Waals surface area contributed by atoms with Crippen LogP contribution in [0, 0.1) is 11.3 Å². The average molecular weight is 218 g/mol. The Labute approximate surface area is 87.6 Å². The maximum absolute atomic E-state index is 11.2. The molecule has 0 aromatic carbocycles. The zero-order valence-electron chi connectivity index (χ0n) is 8.08. The van der Waals surface area contributed by atoms with E-state index in [1.54, 1.807) is 0 Å². The highest BCUT2D eigenvalue weighted by Gasteiger charge is 2.15. The molecule has 1 unspecified atom stereocenters. The van der Waals surface area contributed by atoms with E-state index in [-0.39, 0.29) is 13.0 Å². The summed E-state index contributed by atoms with van der Waals surface area (Å²) in [5.41, 5.74) is 0. The minimum atomic E-state index is -0.747. The number of urea groups is 1. The molecule has 0 bridgehead atoms. The summed E-state index contributed by atoms with van der Waals surface area (Å²) in [5.74, 6) is -0.541. The lowest BCUT2D eigenvalue weighted by Gasteiger charge is -2.15. The van der Waals surface area contributed by atoms with E-state index in [4.69, 9.17) is 16.9 Å². The van der Waals surface area contributed by atoms with Gasteiger partial charge >= 0.3 is 6.03 Å². The van der Waals surface area contributed by atoms with E-state index in [9.17, 15) is 9.59 Å². The fourth-order valence-electron chi connectivity index (χ4n) is 0.620. The van der Waals surface area contributed by atoms with E-state index in [0.717, 1.165) is 0 Å². The van der Waals surface area contributed by atoms with Gasteiger partial charge in [0.2, 0.25) is 5.91 Å².